The van der Waals surface area contributed by atoms with Gasteiger partial charge in [0.15, 0.2) is 0 Å². The maximum absolute atomic E-state index is 11.8. The standard InChI is InChI=1S/C16H25NO5/c18-14-8-4-3-6-12-17(14)11-5-1-2-7-13-22-16(21)10-9-15(19)20/h9-10H,1-8,11-13H2,(H,19,20). The molecule has 1 saturated heterocycles. The Hall–Kier alpha value is -1.85. The third kappa shape index (κ3) is 8.44. The molecule has 0 spiro atoms. The Bertz CT molecular complexity index is 405. The van der Waals surface area contributed by atoms with Crippen molar-refractivity contribution in [2.24, 2.45) is 0 Å². The lowest BCUT2D eigenvalue weighted by atomic mass is 10.2. The van der Waals surface area contributed by atoms with Gasteiger partial charge >= 0.3 is 11.9 Å². The Morgan fingerprint density at radius 1 is 1.09 bits per heavy atom. The van der Waals surface area contributed by atoms with E-state index in [0.29, 0.717) is 13.0 Å². The molecule has 0 atom stereocenters. The summed E-state index contributed by atoms with van der Waals surface area (Å²) >= 11 is 0. The SMILES string of the molecule is O=C(O)C=CC(=O)OCCCCCCN1CCCCCC1=O. The number of carbonyl (C=O) groups is 3. The van der Waals surface area contributed by atoms with Crippen LogP contribution in [0.2, 0.25) is 0 Å². The molecular weight excluding hydrogens is 286 g/mol. The van der Waals surface area contributed by atoms with Gasteiger partial charge in [0.2, 0.25) is 5.91 Å². The van der Waals surface area contributed by atoms with Gasteiger partial charge in [0.25, 0.3) is 0 Å². The van der Waals surface area contributed by atoms with Gasteiger partial charge in [-0.05, 0) is 32.1 Å². The zero-order valence-corrected chi connectivity index (χ0v) is 13.0. The highest BCUT2D eigenvalue weighted by Gasteiger charge is 2.15. The molecule has 0 aliphatic carbocycles. The molecule has 0 bridgehead atoms. The minimum absolute atomic E-state index is 0.275. The number of carboxylic acids is 1. The van der Waals surface area contributed by atoms with Crippen LogP contribution in [-0.2, 0) is 19.1 Å². The minimum atomic E-state index is -1.17. The third-order valence-electron chi connectivity index (χ3n) is 3.60. The van der Waals surface area contributed by atoms with Gasteiger partial charge in [0, 0.05) is 31.7 Å². The van der Waals surface area contributed by atoms with Crippen LogP contribution in [0.5, 0.6) is 0 Å². The van der Waals surface area contributed by atoms with Crippen LogP contribution in [0.1, 0.15) is 51.4 Å². The van der Waals surface area contributed by atoms with E-state index in [2.05, 4.69) is 0 Å². The number of carbonyl (C=O) groups excluding carboxylic acids is 2. The van der Waals surface area contributed by atoms with Gasteiger partial charge in [-0.2, -0.15) is 0 Å². The number of likely N-dealkylation sites (tertiary alicyclic amines) is 1. The topological polar surface area (TPSA) is 83.9 Å². The van der Waals surface area contributed by atoms with E-state index < -0.39 is 11.9 Å². The largest absolute Gasteiger partial charge is 0.478 e. The molecule has 0 aromatic rings. The fourth-order valence-corrected chi connectivity index (χ4v) is 2.39. The van der Waals surface area contributed by atoms with Crippen molar-refractivity contribution in [3.8, 4) is 0 Å². The molecule has 1 aliphatic rings. The molecule has 1 fully saturated rings. The number of unbranched alkanes of at least 4 members (excludes halogenated alkanes) is 3. The normalized spacial score (nSPS) is 15.8. The van der Waals surface area contributed by atoms with Gasteiger partial charge < -0.3 is 14.7 Å². The summed E-state index contributed by atoms with van der Waals surface area (Å²) < 4.78 is 4.87. The minimum Gasteiger partial charge on any atom is -0.478 e. The van der Waals surface area contributed by atoms with Gasteiger partial charge in [0.1, 0.15) is 0 Å². The number of rotatable bonds is 9. The van der Waals surface area contributed by atoms with Gasteiger partial charge in [-0.3, -0.25) is 4.79 Å². The van der Waals surface area contributed by atoms with Crippen LogP contribution >= 0.6 is 0 Å². The molecule has 22 heavy (non-hydrogen) atoms. The van der Waals surface area contributed by atoms with E-state index in [0.717, 1.165) is 70.2 Å². The zero-order chi connectivity index (χ0) is 16.2. The Morgan fingerprint density at radius 2 is 1.86 bits per heavy atom. The molecule has 6 heteroatoms. The summed E-state index contributed by atoms with van der Waals surface area (Å²) in [5.74, 6) is -1.52. The molecule has 1 N–H and O–H groups in total. The van der Waals surface area contributed by atoms with E-state index in [-0.39, 0.29) is 5.91 Å². The molecule has 0 saturated carbocycles. The first-order valence-electron chi connectivity index (χ1n) is 7.95. The lowest BCUT2D eigenvalue weighted by Gasteiger charge is -2.20. The Morgan fingerprint density at radius 3 is 2.64 bits per heavy atom. The van der Waals surface area contributed by atoms with Crippen LogP contribution < -0.4 is 0 Å². The Labute approximate surface area is 131 Å². The van der Waals surface area contributed by atoms with E-state index in [1.54, 1.807) is 0 Å². The summed E-state index contributed by atoms with van der Waals surface area (Å²) in [5.41, 5.74) is 0. The second kappa shape index (κ2) is 10.8. The summed E-state index contributed by atoms with van der Waals surface area (Å²) in [7, 11) is 0. The monoisotopic (exact) mass is 311 g/mol. The first-order valence-corrected chi connectivity index (χ1v) is 7.95. The molecule has 6 nitrogen and oxygen atoms in total. The van der Waals surface area contributed by atoms with Gasteiger partial charge in [-0.25, -0.2) is 9.59 Å². The predicted molar refractivity (Wildman–Crippen MR) is 81.3 cm³/mol. The first-order chi connectivity index (χ1) is 10.6. The van der Waals surface area contributed by atoms with Crippen LogP contribution in [0.3, 0.4) is 0 Å². The number of esters is 1. The number of amides is 1. The molecule has 1 aliphatic heterocycles. The van der Waals surface area contributed by atoms with Gasteiger partial charge in [-0.1, -0.05) is 12.8 Å². The number of carboxylic acid groups (broad SMARTS) is 1. The fourth-order valence-electron chi connectivity index (χ4n) is 2.39. The fraction of sp³-hybridized carbons (Fsp3) is 0.688. The summed E-state index contributed by atoms with van der Waals surface area (Å²) in [4.78, 5) is 35.0. The number of aliphatic carboxylic acids is 1. The highest BCUT2D eigenvalue weighted by molar-refractivity contribution is 5.90. The lowest BCUT2D eigenvalue weighted by molar-refractivity contribution is -0.138. The molecule has 0 radical (unpaired) electrons. The highest BCUT2D eigenvalue weighted by Crippen LogP contribution is 2.12. The van der Waals surface area contributed by atoms with Crippen molar-refractivity contribution in [1.29, 1.82) is 0 Å². The molecule has 1 heterocycles. The van der Waals surface area contributed by atoms with Crippen molar-refractivity contribution < 1.29 is 24.2 Å². The lowest BCUT2D eigenvalue weighted by Crippen LogP contribution is -2.31. The van der Waals surface area contributed by atoms with Crippen LogP contribution in [0.25, 0.3) is 0 Å². The van der Waals surface area contributed by atoms with E-state index in [9.17, 15) is 14.4 Å². The average molecular weight is 311 g/mol. The van der Waals surface area contributed by atoms with Crippen molar-refractivity contribution in [2.75, 3.05) is 19.7 Å². The van der Waals surface area contributed by atoms with Crippen molar-refractivity contribution in [3.63, 3.8) is 0 Å². The summed E-state index contributed by atoms with van der Waals surface area (Å²) in [6, 6.07) is 0. The van der Waals surface area contributed by atoms with Crippen LogP contribution in [0.15, 0.2) is 12.2 Å². The smallest absolute Gasteiger partial charge is 0.331 e. The Kier molecular flexibility index (Phi) is 8.95. The second-order valence-corrected chi connectivity index (χ2v) is 5.44. The summed E-state index contributed by atoms with van der Waals surface area (Å²) in [6.07, 6.45) is 9.25. The molecule has 1 rings (SSSR count). The first kappa shape index (κ1) is 18.2. The van der Waals surface area contributed by atoms with Gasteiger partial charge in [0.05, 0.1) is 6.61 Å². The van der Waals surface area contributed by atoms with Crippen molar-refractivity contribution >= 4 is 17.8 Å². The highest BCUT2D eigenvalue weighted by atomic mass is 16.5. The maximum Gasteiger partial charge on any atom is 0.331 e. The van der Waals surface area contributed by atoms with Crippen molar-refractivity contribution in [1.82, 2.24) is 4.90 Å². The second-order valence-electron chi connectivity index (χ2n) is 5.44. The van der Waals surface area contributed by atoms with Crippen LogP contribution in [0.4, 0.5) is 0 Å². The molecule has 0 aromatic heterocycles. The van der Waals surface area contributed by atoms with Crippen LogP contribution in [0, 0.1) is 0 Å². The summed E-state index contributed by atoms with van der Waals surface area (Å²) in [5, 5.41) is 8.35. The number of hydrogen-bond donors (Lipinski definition) is 1. The molecule has 1 amide bonds. The van der Waals surface area contributed by atoms with E-state index in [1.807, 2.05) is 4.90 Å². The quantitative estimate of drug-likeness (QED) is 0.400. The molecule has 0 unspecified atom stereocenters. The van der Waals surface area contributed by atoms with E-state index in [4.69, 9.17) is 9.84 Å². The molecule has 0 aromatic carbocycles. The molecule has 124 valence electrons. The van der Waals surface area contributed by atoms with Crippen LogP contribution in [-0.4, -0.2) is 47.5 Å². The number of hydrogen-bond acceptors (Lipinski definition) is 4. The zero-order valence-electron chi connectivity index (χ0n) is 13.0. The number of nitrogens with zero attached hydrogens (tertiary/aromatic N) is 1. The van der Waals surface area contributed by atoms with Crippen molar-refractivity contribution in [3.05, 3.63) is 12.2 Å². The van der Waals surface area contributed by atoms with Gasteiger partial charge in [-0.15, -0.1) is 0 Å². The van der Waals surface area contributed by atoms with E-state index in [1.165, 1.54) is 0 Å². The van der Waals surface area contributed by atoms with Crippen molar-refractivity contribution in [2.45, 2.75) is 51.4 Å². The maximum atomic E-state index is 11.8. The van der Waals surface area contributed by atoms with E-state index >= 15 is 0 Å². The Balaban J connectivity index is 2.00. The number of ether oxygens (including phenoxy) is 1. The summed E-state index contributed by atoms with van der Waals surface area (Å²) in [6.45, 7) is 2.00. The molecular formula is C16H25NO5. The predicted octanol–water partition coefficient (Wildman–Crippen LogP) is 2.13. The third-order valence-corrected chi connectivity index (χ3v) is 3.60. The average Bonchev–Trinajstić information content (AvgIpc) is 2.69.